The van der Waals surface area contributed by atoms with Crippen molar-refractivity contribution in [2.45, 2.75) is 68.8 Å². The molecule has 2 rings (SSSR count). The molecule has 2 aliphatic rings. The maximum atomic E-state index is 12.1. The predicted molar refractivity (Wildman–Crippen MR) is 78.9 cm³/mol. The van der Waals surface area contributed by atoms with Crippen molar-refractivity contribution >= 4 is 32.6 Å². The van der Waals surface area contributed by atoms with Gasteiger partial charge in [-0.05, 0) is 37.5 Å². The Bertz CT molecular complexity index is 380. The third-order valence-corrected chi connectivity index (χ3v) is 7.55. The van der Waals surface area contributed by atoms with Crippen molar-refractivity contribution in [1.82, 2.24) is 5.32 Å². The third-order valence-electron chi connectivity index (χ3n) is 4.20. The fraction of sp³-hybridized carbons (Fsp3) is 0.846. The van der Waals surface area contributed by atoms with Gasteiger partial charge in [0.2, 0.25) is 11.0 Å². The third kappa shape index (κ3) is 3.11. The molecule has 1 aliphatic carbocycles. The van der Waals surface area contributed by atoms with E-state index in [0.717, 1.165) is 23.6 Å². The van der Waals surface area contributed by atoms with E-state index in [9.17, 15) is 14.7 Å². The molecule has 0 bridgehead atoms. The fourth-order valence-corrected chi connectivity index (χ4v) is 5.63. The van der Waals surface area contributed by atoms with E-state index < -0.39 is 10.3 Å². The lowest BCUT2D eigenvalue weighted by Crippen LogP contribution is -2.51. The Morgan fingerprint density at radius 2 is 2.00 bits per heavy atom. The van der Waals surface area contributed by atoms with Gasteiger partial charge >= 0.3 is 0 Å². The van der Waals surface area contributed by atoms with Crippen LogP contribution < -0.4 is 5.32 Å². The molecule has 1 heterocycles. The van der Waals surface area contributed by atoms with Gasteiger partial charge in [0.05, 0.1) is 4.75 Å². The van der Waals surface area contributed by atoms with Gasteiger partial charge in [-0.1, -0.05) is 30.1 Å². The van der Waals surface area contributed by atoms with Gasteiger partial charge in [-0.3, -0.25) is 9.59 Å². The SMILES string of the molecule is C[C@]1(CC(=O)NC2CCCCC2)SSC(=O)[C@]1(C)O. The van der Waals surface area contributed by atoms with E-state index in [0.29, 0.717) is 0 Å². The standard InChI is InChI=1S/C13H21NO3S2/c1-12(13(2,17)11(16)18-19-12)8-10(15)14-9-6-4-3-5-7-9/h9,17H,3-8H2,1-2H3,(H,14,15)/t12-,13+/m1/s1. The summed E-state index contributed by atoms with van der Waals surface area (Å²) in [6.07, 6.45) is 5.85. The molecule has 2 fully saturated rings. The van der Waals surface area contributed by atoms with E-state index in [1.54, 1.807) is 6.92 Å². The van der Waals surface area contributed by atoms with Crippen LogP contribution in [0.25, 0.3) is 0 Å². The average molecular weight is 303 g/mol. The molecule has 6 heteroatoms. The number of aliphatic hydroxyl groups is 1. The zero-order chi connectivity index (χ0) is 14.1. The zero-order valence-electron chi connectivity index (χ0n) is 11.4. The van der Waals surface area contributed by atoms with Crippen molar-refractivity contribution in [3.8, 4) is 0 Å². The van der Waals surface area contributed by atoms with E-state index in [1.807, 2.05) is 0 Å². The van der Waals surface area contributed by atoms with Gasteiger partial charge in [0, 0.05) is 12.5 Å². The van der Waals surface area contributed by atoms with Crippen molar-refractivity contribution in [1.29, 1.82) is 0 Å². The first-order chi connectivity index (χ1) is 8.85. The minimum absolute atomic E-state index is 0.0579. The summed E-state index contributed by atoms with van der Waals surface area (Å²) in [6.45, 7) is 3.30. The molecule has 0 aromatic carbocycles. The Morgan fingerprint density at radius 3 is 2.53 bits per heavy atom. The number of amides is 1. The molecule has 1 saturated carbocycles. The molecule has 0 spiro atoms. The lowest BCUT2D eigenvalue weighted by Gasteiger charge is -2.33. The molecule has 2 N–H and O–H groups in total. The first kappa shape index (κ1) is 15.2. The smallest absolute Gasteiger partial charge is 0.232 e. The zero-order valence-corrected chi connectivity index (χ0v) is 13.0. The summed E-state index contributed by atoms with van der Waals surface area (Å²) < 4.78 is -0.743. The normalized spacial score (nSPS) is 36.5. The molecular formula is C13H21NO3S2. The molecule has 0 radical (unpaired) electrons. The summed E-state index contributed by atoms with van der Waals surface area (Å²) in [5.74, 6) is -0.0579. The van der Waals surface area contributed by atoms with Crippen molar-refractivity contribution in [2.75, 3.05) is 0 Å². The van der Waals surface area contributed by atoms with Gasteiger partial charge in [-0.2, -0.15) is 0 Å². The van der Waals surface area contributed by atoms with E-state index in [-0.39, 0.29) is 23.5 Å². The van der Waals surface area contributed by atoms with Crippen LogP contribution in [0.2, 0.25) is 0 Å². The van der Waals surface area contributed by atoms with Crippen LogP contribution in [0, 0.1) is 0 Å². The number of hydrogen-bond donors (Lipinski definition) is 2. The number of rotatable bonds is 3. The molecule has 2 atom stereocenters. The van der Waals surface area contributed by atoms with Gasteiger partial charge in [0.15, 0.2) is 0 Å². The van der Waals surface area contributed by atoms with Crippen molar-refractivity contribution < 1.29 is 14.7 Å². The highest BCUT2D eigenvalue weighted by molar-refractivity contribution is 8.83. The van der Waals surface area contributed by atoms with Crippen LogP contribution in [-0.4, -0.2) is 32.5 Å². The number of carbonyl (C=O) groups excluding carboxylic acids is 2. The second-order valence-corrected chi connectivity index (χ2v) is 8.44. The first-order valence-corrected chi connectivity index (χ1v) is 8.92. The largest absolute Gasteiger partial charge is 0.380 e. The lowest BCUT2D eigenvalue weighted by atomic mass is 9.87. The minimum atomic E-state index is -1.44. The Labute approximate surface area is 121 Å². The van der Waals surface area contributed by atoms with Gasteiger partial charge in [-0.25, -0.2) is 0 Å². The van der Waals surface area contributed by atoms with Crippen molar-refractivity contribution in [3.63, 3.8) is 0 Å². The van der Waals surface area contributed by atoms with Gasteiger partial charge < -0.3 is 10.4 Å². The molecule has 0 unspecified atom stereocenters. The highest BCUT2D eigenvalue weighted by atomic mass is 33.1. The maximum Gasteiger partial charge on any atom is 0.232 e. The van der Waals surface area contributed by atoms with Crippen LogP contribution in [0.15, 0.2) is 0 Å². The predicted octanol–water partition coefficient (Wildman–Crippen LogP) is 2.26. The number of nitrogens with one attached hydrogen (secondary N) is 1. The summed E-state index contributed by atoms with van der Waals surface area (Å²) in [6, 6.07) is 0.268. The second-order valence-electron chi connectivity index (χ2n) is 5.84. The highest BCUT2D eigenvalue weighted by Crippen LogP contribution is 2.55. The topological polar surface area (TPSA) is 66.4 Å². The maximum absolute atomic E-state index is 12.1. The lowest BCUT2D eigenvalue weighted by molar-refractivity contribution is -0.131. The van der Waals surface area contributed by atoms with Crippen LogP contribution in [0.1, 0.15) is 52.4 Å². The Balaban J connectivity index is 1.93. The highest BCUT2D eigenvalue weighted by Gasteiger charge is 2.56. The second kappa shape index (κ2) is 5.66. The molecule has 0 aromatic rings. The Kier molecular flexibility index (Phi) is 4.52. The van der Waals surface area contributed by atoms with Crippen LogP contribution in [-0.2, 0) is 9.59 Å². The number of hydrogen-bond acceptors (Lipinski definition) is 5. The molecule has 0 aromatic heterocycles. The molecule has 19 heavy (non-hydrogen) atoms. The molecule has 4 nitrogen and oxygen atoms in total. The molecule has 1 saturated heterocycles. The molecular weight excluding hydrogens is 282 g/mol. The first-order valence-electron chi connectivity index (χ1n) is 6.77. The Hall–Kier alpha value is -0.200. The number of carbonyl (C=O) groups is 2. The van der Waals surface area contributed by atoms with Gasteiger partial charge in [0.25, 0.3) is 0 Å². The summed E-state index contributed by atoms with van der Waals surface area (Å²) in [4.78, 5) is 23.8. The van der Waals surface area contributed by atoms with E-state index in [2.05, 4.69) is 5.32 Å². The van der Waals surface area contributed by atoms with Crippen molar-refractivity contribution in [3.05, 3.63) is 0 Å². The van der Waals surface area contributed by atoms with Gasteiger partial charge in [-0.15, -0.1) is 0 Å². The molecule has 108 valence electrons. The van der Waals surface area contributed by atoms with Crippen LogP contribution >= 0.6 is 21.6 Å². The van der Waals surface area contributed by atoms with Gasteiger partial charge in [0.1, 0.15) is 5.60 Å². The van der Waals surface area contributed by atoms with Crippen LogP contribution in [0.5, 0.6) is 0 Å². The summed E-state index contributed by atoms with van der Waals surface area (Å²) in [5.41, 5.74) is -1.44. The van der Waals surface area contributed by atoms with Crippen molar-refractivity contribution in [2.24, 2.45) is 0 Å². The summed E-state index contributed by atoms with van der Waals surface area (Å²) in [7, 11) is 2.35. The molecule has 1 aliphatic heterocycles. The quantitative estimate of drug-likeness (QED) is 0.783. The van der Waals surface area contributed by atoms with E-state index in [1.165, 1.54) is 37.0 Å². The molecule has 1 amide bonds. The summed E-state index contributed by atoms with van der Waals surface area (Å²) in [5, 5.41) is 13.0. The fourth-order valence-electron chi connectivity index (χ4n) is 2.54. The minimum Gasteiger partial charge on any atom is -0.380 e. The van der Waals surface area contributed by atoms with Crippen LogP contribution in [0.3, 0.4) is 0 Å². The summed E-state index contributed by atoms with van der Waals surface area (Å²) >= 11 is 0. The Morgan fingerprint density at radius 1 is 1.37 bits per heavy atom. The van der Waals surface area contributed by atoms with E-state index in [4.69, 9.17) is 0 Å². The van der Waals surface area contributed by atoms with Crippen LogP contribution in [0.4, 0.5) is 0 Å². The monoisotopic (exact) mass is 303 g/mol. The van der Waals surface area contributed by atoms with E-state index >= 15 is 0 Å². The average Bonchev–Trinajstić information content (AvgIpc) is 2.54.